The third kappa shape index (κ3) is 3.86. The van der Waals surface area contributed by atoms with E-state index in [4.69, 9.17) is 9.47 Å². The van der Waals surface area contributed by atoms with Crippen LogP contribution in [0.4, 0.5) is 5.69 Å². The first-order valence-corrected chi connectivity index (χ1v) is 10.5. The summed E-state index contributed by atoms with van der Waals surface area (Å²) in [6, 6.07) is 14.2. The van der Waals surface area contributed by atoms with Crippen molar-refractivity contribution in [1.82, 2.24) is 4.90 Å². The number of hydrogen-bond donors (Lipinski definition) is 1. The topological polar surface area (TPSA) is 67.9 Å². The molecule has 1 heterocycles. The standard InChI is InChI=1S/C24H28N2O4/c1-29-21-13-12-18(15-22(21)30-2)25-23(27)20-14-17-10-6-7-11-19(17)26(20)24(28)16-8-4-3-5-9-16/h3-5,8-9,12-13,15,17,19-20H,6-7,10-11,14H2,1-2H3,(H,25,27)/t17-,19+,20+/m1/s1. The maximum atomic E-state index is 13.4. The number of nitrogens with zero attached hydrogens (tertiary/aromatic N) is 1. The van der Waals surface area contributed by atoms with Crippen LogP contribution in [-0.4, -0.2) is 43.0 Å². The van der Waals surface area contributed by atoms with Gasteiger partial charge < -0.3 is 19.7 Å². The summed E-state index contributed by atoms with van der Waals surface area (Å²) < 4.78 is 10.6. The summed E-state index contributed by atoms with van der Waals surface area (Å²) in [5, 5.41) is 2.99. The van der Waals surface area contributed by atoms with Crippen molar-refractivity contribution in [3.63, 3.8) is 0 Å². The van der Waals surface area contributed by atoms with Gasteiger partial charge in [-0.3, -0.25) is 9.59 Å². The number of anilines is 1. The summed E-state index contributed by atoms with van der Waals surface area (Å²) in [6.07, 6.45) is 5.01. The van der Waals surface area contributed by atoms with Crippen molar-refractivity contribution >= 4 is 17.5 Å². The lowest BCUT2D eigenvalue weighted by Crippen LogP contribution is -2.47. The number of hydrogen-bond acceptors (Lipinski definition) is 4. The van der Waals surface area contributed by atoms with E-state index in [9.17, 15) is 9.59 Å². The molecule has 2 aromatic carbocycles. The molecule has 1 aliphatic carbocycles. The molecule has 4 rings (SSSR count). The molecule has 2 fully saturated rings. The van der Waals surface area contributed by atoms with Crippen molar-refractivity contribution in [3.8, 4) is 11.5 Å². The number of nitrogens with one attached hydrogen (secondary N) is 1. The molecule has 0 bridgehead atoms. The van der Waals surface area contributed by atoms with Gasteiger partial charge in [0, 0.05) is 23.4 Å². The number of fused-ring (bicyclic) bond motifs is 1. The third-order valence-corrected chi connectivity index (χ3v) is 6.30. The Morgan fingerprint density at radius 2 is 1.70 bits per heavy atom. The first-order chi connectivity index (χ1) is 14.6. The van der Waals surface area contributed by atoms with Crippen LogP contribution in [0.3, 0.4) is 0 Å². The second-order valence-electron chi connectivity index (χ2n) is 8.00. The second-order valence-corrected chi connectivity index (χ2v) is 8.00. The molecule has 2 aliphatic rings. The van der Waals surface area contributed by atoms with E-state index >= 15 is 0 Å². The number of methoxy groups -OCH3 is 2. The van der Waals surface area contributed by atoms with E-state index in [1.807, 2.05) is 35.2 Å². The molecule has 1 aliphatic heterocycles. The van der Waals surface area contributed by atoms with Crippen molar-refractivity contribution < 1.29 is 19.1 Å². The molecule has 0 unspecified atom stereocenters. The van der Waals surface area contributed by atoms with Gasteiger partial charge in [0.15, 0.2) is 11.5 Å². The van der Waals surface area contributed by atoms with Crippen molar-refractivity contribution in [3.05, 3.63) is 54.1 Å². The van der Waals surface area contributed by atoms with E-state index in [1.165, 1.54) is 6.42 Å². The number of ether oxygens (including phenoxy) is 2. The Morgan fingerprint density at radius 3 is 2.43 bits per heavy atom. The number of likely N-dealkylation sites (tertiary alicyclic amines) is 1. The van der Waals surface area contributed by atoms with Crippen LogP contribution in [0, 0.1) is 5.92 Å². The molecule has 6 heteroatoms. The van der Waals surface area contributed by atoms with Crippen LogP contribution in [-0.2, 0) is 4.79 Å². The van der Waals surface area contributed by atoms with Crippen LogP contribution in [0.2, 0.25) is 0 Å². The van der Waals surface area contributed by atoms with Gasteiger partial charge in [-0.15, -0.1) is 0 Å². The molecule has 30 heavy (non-hydrogen) atoms. The smallest absolute Gasteiger partial charge is 0.254 e. The van der Waals surface area contributed by atoms with Crippen molar-refractivity contribution in [2.24, 2.45) is 5.92 Å². The van der Waals surface area contributed by atoms with Crippen molar-refractivity contribution in [2.75, 3.05) is 19.5 Å². The molecular formula is C24H28N2O4. The quantitative estimate of drug-likeness (QED) is 0.808. The van der Waals surface area contributed by atoms with E-state index in [0.29, 0.717) is 35.1 Å². The maximum absolute atomic E-state index is 13.4. The van der Waals surface area contributed by atoms with E-state index in [0.717, 1.165) is 19.3 Å². The van der Waals surface area contributed by atoms with E-state index in [2.05, 4.69) is 5.32 Å². The van der Waals surface area contributed by atoms with Crippen LogP contribution in [0.25, 0.3) is 0 Å². The average Bonchev–Trinajstić information content (AvgIpc) is 3.19. The average molecular weight is 408 g/mol. The summed E-state index contributed by atoms with van der Waals surface area (Å²) in [4.78, 5) is 28.5. The van der Waals surface area contributed by atoms with Crippen molar-refractivity contribution in [2.45, 2.75) is 44.2 Å². The minimum absolute atomic E-state index is 0.0579. The lowest BCUT2D eigenvalue weighted by Gasteiger charge is -2.33. The Balaban J connectivity index is 1.59. The fraction of sp³-hybridized carbons (Fsp3) is 0.417. The van der Waals surface area contributed by atoms with E-state index in [-0.39, 0.29) is 17.9 Å². The van der Waals surface area contributed by atoms with Crippen LogP contribution in [0.1, 0.15) is 42.5 Å². The molecular weight excluding hydrogens is 380 g/mol. The number of amides is 2. The summed E-state index contributed by atoms with van der Waals surface area (Å²) >= 11 is 0. The SMILES string of the molecule is COc1ccc(NC(=O)[C@@H]2C[C@H]3CCCC[C@@H]3N2C(=O)c2ccccc2)cc1OC. The zero-order valence-electron chi connectivity index (χ0n) is 17.5. The van der Waals surface area contributed by atoms with Gasteiger partial charge in [0.25, 0.3) is 5.91 Å². The zero-order valence-corrected chi connectivity index (χ0v) is 17.5. The molecule has 0 aromatic heterocycles. The molecule has 2 aromatic rings. The maximum Gasteiger partial charge on any atom is 0.254 e. The van der Waals surface area contributed by atoms with Crippen LogP contribution in [0.5, 0.6) is 11.5 Å². The van der Waals surface area contributed by atoms with Gasteiger partial charge in [-0.2, -0.15) is 0 Å². The van der Waals surface area contributed by atoms with Crippen LogP contribution in [0.15, 0.2) is 48.5 Å². The predicted molar refractivity (Wildman–Crippen MR) is 115 cm³/mol. The van der Waals surface area contributed by atoms with Crippen molar-refractivity contribution in [1.29, 1.82) is 0 Å². The summed E-state index contributed by atoms with van der Waals surface area (Å²) in [5.41, 5.74) is 1.26. The summed E-state index contributed by atoms with van der Waals surface area (Å²) in [6.45, 7) is 0. The molecule has 3 atom stereocenters. The number of benzene rings is 2. The van der Waals surface area contributed by atoms with Gasteiger partial charge in [0.05, 0.1) is 14.2 Å². The highest BCUT2D eigenvalue weighted by Crippen LogP contribution is 2.41. The number of carbonyl (C=O) groups is 2. The minimum Gasteiger partial charge on any atom is -0.493 e. The molecule has 1 saturated carbocycles. The normalized spacial score (nSPS) is 22.9. The largest absolute Gasteiger partial charge is 0.493 e. The zero-order chi connectivity index (χ0) is 21.1. The van der Waals surface area contributed by atoms with Gasteiger partial charge in [0.1, 0.15) is 6.04 Å². The van der Waals surface area contributed by atoms with Gasteiger partial charge in [-0.05, 0) is 49.4 Å². The molecule has 1 N–H and O–H groups in total. The first-order valence-electron chi connectivity index (χ1n) is 10.5. The Labute approximate surface area is 177 Å². The highest BCUT2D eigenvalue weighted by atomic mass is 16.5. The first kappa shape index (κ1) is 20.3. The second kappa shape index (κ2) is 8.78. The Morgan fingerprint density at radius 1 is 0.967 bits per heavy atom. The van der Waals surface area contributed by atoms with Gasteiger partial charge >= 0.3 is 0 Å². The minimum atomic E-state index is -0.473. The fourth-order valence-electron chi connectivity index (χ4n) is 4.86. The Bertz CT molecular complexity index is 915. The fourth-order valence-corrected chi connectivity index (χ4v) is 4.86. The third-order valence-electron chi connectivity index (χ3n) is 6.30. The molecule has 0 spiro atoms. The van der Waals surface area contributed by atoms with Gasteiger partial charge in [-0.1, -0.05) is 31.0 Å². The summed E-state index contributed by atoms with van der Waals surface area (Å²) in [7, 11) is 3.13. The van der Waals surface area contributed by atoms with Crippen LogP contribution >= 0.6 is 0 Å². The Hall–Kier alpha value is -3.02. The van der Waals surface area contributed by atoms with Gasteiger partial charge in [-0.25, -0.2) is 0 Å². The Kier molecular flexibility index (Phi) is 5.93. The number of rotatable bonds is 5. The predicted octanol–water partition coefficient (Wildman–Crippen LogP) is 4.12. The van der Waals surface area contributed by atoms with Gasteiger partial charge in [0.2, 0.25) is 5.91 Å². The monoisotopic (exact) mass is 408 g/mol. The summed E-state index contributed by atoms with van der Waals surface area (Å²) in [5.74, 6) is 1.32. The lowest BCUT2D eigenvalue weighted by atomic mass is 9.84. The molecule has 158 valence electrons. The molecule has 1 saturated heterocycles. The highest BCUT2D eigenvalue weighted by Gasteiger charge is 2.47. The lowest BCUT2D eigenvalue weighted by molar-refractivity contribution is -0.120. The van der Waals surface area contributed by atoms with E-state index < -0.39 is 6.04 Å². The highest BCUT2D eigenvalue weighted by molar-refractivity contribution is 6.02. The number of carbonyl (C=O) groups excluding carboxylic acids is 2. The van der Waals surface area contributed by atoms with Crippen LogP contribution < -0.4 is 14.8 Å². The molecule has 6 nitrogen and oxygen atoms in total. The van der Waals surface area contributed by atoms with E-state index in [1.54, 1.807) is 32.4 Å². The molecule has 0 radical (unpaired) electrons. The molecule has 2 amide bonds.